The molecule has 2 aliphatic rings. The fourth-order valence-electron chi connectivity index (χ4n) is 3.33. The molecule has 0 bridgehead atoms. The first-order valence-electron chi connectivity index (χ1n) is 7.10. The highest BCUT2D eigenvalue weighted by Crippen LogP contribution is 2.40. The summed E-state index contributed by atoms with van der Waals surface area (Å²) in [6, 6.07) is 18.3. The Morgan fingerprint density at radius 2 is 1.70 bits per heavy atom. The predicted octanol–water partition coefficient (Wildman–Crippen LogP) is 3.40. The van der Waals surface area contributed by atoms with Crippen molar-refractivity contribution in [1.29, 1.82) is 0 Å². The van der Waals surface area contributed by atoms with E-state index < -0.39 is 0 Å². The molecular formula is C17H16N2O. The first-order chi connectivity index (χ1) is 9.86. The minimum atomic E-state index is 0.166. The number of fused-ring (bicyclic) bond motifs is 2. The number of nitrogens with zero attached hydrogens (tertiary/aromatic N) is 2. The maximum absolute atomic E-state index is 12.6. The Balaban J connectivity index is 1.91. The lowest BCUT2D eigenvalue weighted by atomic mass is 10.0. The summed E-state index contributed by atoms with van der Waals surface area (Å²) in [7, 11) is 0. The lowest BCUT2D eigenvalue weighted by molar-refractivity contribution is 0.0724. The fraction of sp³-hybridized carbons (Fsp3) is 0.235. The molecule has 0 aromatic heterocycles. The number of hydrogen-bond donors (Lipinski definition) is 0. The van der Waals surface area contributed by atoms with Gasteiger partial charge in [-0.25, -0.2) is 0 Å². The lowest BCUT2D eigenvalue weighted by Crippen LogP contribution is -2.49. The van der Waals surface area contributed by atoms with E-state index in [0.29, 0.717) is 0 Å². The van der Waals surface area contributed by atoms with Gasteiger partial charge in [0.15, 0.2) is 0 Å². The molecule has 100 valence electrons. The average Bonchev–Trinajstić information content (AvgIpc) is 2.98. The van der Waals surface area contributed by atoms with Crippen molar-refractivity contribution in [1.82, 2.24) is 4.90 Å². The standard InChI is InChI=1S/C17H16N2O/c20-17-14-9-4-5-10-15(14)19(13-7-2-1-3-8-13)16-11-6-12-18(16)17/h1-5,7-10,16H,6,11-12H2. The molecule has 3 nitrogen and oxygen atoms in total. The monoisotopic (exact) mass is 264 g/mol. The fourth-order valence-corrected chi connectivity index (χ4v) is 3.33. The Kier molecular flexibility index (Phi) is 2.52. The van der Waals surface area contributed by atoms with Gasteiger partial charge in [0.05, 0.1) is 11.3 Å². The van der Waals surface area contributed by atoms with E-state index in [4.69, 9.17) is 0 Å². The Hall–Kier alpha value is -2.29. The summed E-state index contributed by atoms with van der Waals surface area (Å²) >= 11 is 0. The number of para-hydroxylation sites is 2. The van der Waals surface area contributed by atoms with Gasteiger partial charge in [-0.3, -0.25) is 4.79 Å². The van der Waals surface area contributed by atoms with Crippen LogP contribution in [0.2, 0.25) is 0 Å². The normalized spacial score (nSPS) is 20.8. The number of carbonyl (C=O) groups is 1. The maximum Gasteiger partial charge on any atom is 0.257 e. The summed E-state index contributed by atoms with van der Waals surface area (Å²) in [5.41, 5.74) is 3.01. The van der Waals surface area contributed by atoms with E-state index in [1.54, 1.807) is 0 Å². The van der Waals surface area contributed by atoms with Gasteiger partial charge in [0.25, 0.3) is 5.91 Å². The zero-order valence-corrected chi connectivity index (χ0v) is 11.2. The minimum absolute atomic E-state index is 0.166. The van der Waals surface area contributed by atoms with Gasteiger partial charge in [-0.15, -0.1) is 0 Å². The third-order valence-electron chi connectivity index (χ3n) is 4.21. The first-order valence-corrected chi connectivity index (χ1v) is 7.10. The van der Waals surface area contributed by atoms with E-state index in [-0.39, 0.29) is 12.1 Å². The highest BCUT2D eigenvalue weighted by molar-refractivity contribution is 6.03. The third kappa shape index (κ3) is 1.56. The predicted molar refractivity (Wildman–Crippen MR) is 79.1 cm³/mol. The van der Waals surface area contributed by atoms with Crippen molar-refractivity contribution in [3.8, 4) is 0 Å². The number of anilines is 2. The molecule has 2 heterocycles. The highest BCUT2D eigenvalue weighted by Gasteiger charge is 2.40. The second-order valence-corrected chi connectivity index (χ2v) is 5.34. The number of benzene rings is 2. The van der Waals surface area contributed by atoms with E-state index in [1.165, 1.54) is 0 Å². The molecule has 0 N–H and O–H groups in total. The van der Waals surface area contributed by atoms with Crippen molar-refractivity contribution in [2.45, 2.75) is 19.0 Å². The van der Waals surface area contributed by atoms with Gasteiger partial charge >= 0.3 is 0 Å². The Morgan fingerprint density at radius 1 is 0.950 bits per heavy atom. The minimum Gasteiger partial charge on any atom is -0.320 e. The molecule has 0 spiro atoms. The largest absolute Gasteiger partial charge is 0.320 e. The SMILES string of the molecule is O=C1c2ccccc2N(c2ccccc2)C2CCCN12. The maximum atomic E-state index is 12.6. The van der Waals surface area contributed by atoms with E-state index in [2.05, 4.69) is 23.1 Å². The van der Waals surface area contributed by atoms with Gasteiger partial charge in [-0.1, -0.05) is 30.3 Å². The van der Waals surface area contributed by atoms with Crippen LogP contribution in [-0.4, -0.2) is 23.5 Å². The molecule has 1 fully saturated rings. The molecule has 0 saturated carbocycles. The summed E-state index contributed by atoms with van der Waals surface area (Å²) in [6.07, 6.45) is 2.28. The third-order valence-corrected chi connectivity index (χ3v) is 4.21. The molecule has 3 heteroatoms. The summed E-state index contributed by atoms with van der Waals surface area (Å²) in [6.45, 7) is 0.862. The molecule has 1 atom stereocenters. The van der Waals surface area contributed by atoms with E-state index >= 15 is 0 Å². The van der Waals surface area contributed by atoms with Crippen molar-refractivity contribution in [3.63, 3.8) is 0 Å². The molecule has 1 saturated heterocycles. The quantitative estimate of drug-likeness (QED) is 0.788. The molecule has 20 heavy (non-hydrogen) atoms. The smallest absolute Gasteiger partial charge is 0.257 e. The van der Waals surface area contributed by atoms with Gasteiger partial charge in [0.1, 0.15) is 6.17 Å². The van der Waals surface area contributed by atoms with Crippen LogP contribution in [0.5, 0.6) is 0 Å². The van der Waals surface area contributed by atoms with E-state index in [9.17, 15) is 4.79 Å². The zero-order valence-electron chi connectivity index (χ0n) is 11.2. The summed E-state index contributed by atoms with van der Waals surface area (Å²) < 4.78 is 0. The Morgan fingerprint density at radius 3 is 2.55 bits per heavy atom. The average molecular weight is 264 g/mol. The second kappa shape index (κ2) is 4.37. The zero-order chi connectivity index (χ0) is 13.5. The molecule has 2 aromatic carbocycles. The molecular weight excluding hydrogens is 248 g/mol. The molecule has 1 amide bonds. The van der Waals surface area contributed by atoms with Crippen molar-refractivity contribution < 1.29 is 4.79 Å². The summed E-state index contributed by atoms with van der Waals surface area (Å²) in [5, 5.41) is 0. The van der Waals surface area contributed by atoms with Crippen LogP contribution in [0, 0.1) is 0 Å². The van der Waals surface area contributed by atoms with Crippen molar-refractivity contribution in [3.05, 3.63) is 60.2 Å². The van der Waals surface area contributed by atoms with Gasteiger partial charge in [0, 0.05) is 12.2 Å². The van der Waals surface area contributed by atoms with Crippen LogP contribution in [0.1, 0.15) is 23.2 Å². The molecule has 0 radical (unpaired) electrons. The number of rotatable bonds is 1. The van der Waals surface area contributed by atoms with Crippen LogP contribution in [0.25, 0.3) is 0 Å². The molecule has 0 aliphatic carbocycles. The number of amides is 1. The van der Waals surface area contributed by atoms with Crippen molar-refractivity contribution in [2.75, 3.05) is 11.4 Å². The lowest BCUT2D eigenvalue weighted by Gasteiger charge is -2.42. The highest BCUT2D eigenvalue weighted by atomic mass is 16.2. The summed E-state index contributed by atoms with van der Waals surface area (Å²) in [5.74, 6) is 0.176. The molecule has 2 aliphatic heterocycles. The summed E-state index contributed by atoms with van der Waals surface area (Å²) in [4.78, 5) is 16.9. The molecule has 1 unspecified atom stereocenters. The Labute approximate surface area is 118 Å². The van der Waals surface area contributed by atoms with Crippen molar-refractivity contribution in [2.24, 2.45) is 0 Å². The van der Waals surface area contributed by atoms with Gasteiger partial charge in [-0.05, 0) is 37.1 Å². The van der Waals surface area contributed by atoms with Crippen LogP contribution in [0.4, 0.5) is 11.4 Å². The number of carbonyl (C=O) groups excluding carboxylic acids is 1. The first kappa shape index (κ1) is 11.5. The van der Waals surface area contributed by atoms with E-state index in [0.717, 1.165) is 36.3 Å². The topological polar surface area (TPSA) is 23.6 Å². The van der Waals surface area contributed by atoms with E-state index in [1.807, 2.05) is 41.3 Å². The van der Waals surface area contributed by atoms with Crippen molar-refractivity contribution >= 4 is 17.3 Å². The van der Waals surface area contributed by atoms with Gasteiger partial charge in [-0.2, -0.15) is 0 Å². The number of hydrogen-bond acceptors (Lipinski definition) is 2. The van der Waals surface area contributed by atoms with Gasteiger partial charge in [0.2, 0.25) is 0 Å². The van der Waals surface area contributed by atoms with Crippen LogP contribution in [0.3, 0.4) is 0 Å². The second-order valence-electron chi connectivity index (χ2n) is 5.34. The van der Waals surface area contributed by atoms with Gasteiger partial charge < -0.3 is 9.80 Å². The van der Waals surface area contributed by atoms with Crippen LogP contribution in [-0.2, 0) is 0 Å². The van der Waals surface area contributed by atoms with Crippen LogP contribution >= 0.6 is 0 Å². The van der Waals surface area contributed by atoms with Crippen LogP contribution < -0.4 is 4.90 Å². The Bertz CT molecular complexity index is 653. The molecule has 4 rings (SSSR count). The van der Waals surface area contributed by atoms with Crippen LogP contribution in [0.15, 0.2) is 54.6 Å². The molecule has 2 aromatic rings.